The molecule has 3 aromatic rings. The Bertz CT molecular complexity index is 1120. The highest BCUT2D eigenvalue weighted by molar-refractivity contribution is 6.46. The number of methoxy groups -OCH3 is 2. The molecule has 1 aliphatic rings. The van der Waals surface area contributed by atoms with Crippen molar-refractivity contribution in [2.75, 3.05) is 24.4 Å². The maximum Gasteiger partial charge on any atom is 0.282 e. The number of para-hydroxylation sites is 3. The van der Waals surface area contributed by atoms with Gasteiger partial charge in [0.15, 0.2) is 0 Å². The fraction of sp³-hybridized carbons (Fsp3) is 0.0833. The first-order valence-corrected chi connectivity index (χ1v) is 9.36. The summed E-state index contributed by atoms with van der Waals surface area (Å²) in [4.78, 5) is 28.0. The molecule has 2 amide bonds. The van der Waals surface area contributed by atoms with Gasteiger partial charge in [0.1, 0.15) is 17.2 Å². The Labute approximate surface area is 174 Å². The minimum atomic E-state index is -0.445. The summed E-state index contributed by atoms with van der Waals surface area (Å²) in [6.07, 6.45) is 0. The van der Waals surface area contributed by atoms with Crippen molar-refractivity contribution >= 4 is 28.8 Å². The number of anilines is 2. The molecular formula is C24H20N2O4. The molecule has 1 aliphatic heterocycles. The molecule has 0 unspecified atom stereocenters. The third kappa shape index (κ3) is 3.39. The molecule has 3 aromatic carbocycles. The topological polar surface area (TPSA) is 67.9 Å². The zero-order chi connectivity index (χ0) is 21.1. The van der Waals surface area contributed by atoms with Gasteiger partial charge in [0, 0.05) is 5.69 Å². The maximum atomic E-state index is 13.5. The molecule has 0 aromatic heterocycles. The first kappa shape index (κ1) is 19.3. The highest BCUT2D eigenvalue weighted by Crippen LogP contribution is 2.37. The Morgan fingerprint density at radius 3 is 2.07 bits per heavy atom. The molecule has 0 saturated heterocycles. The molecule has 0 radical (unpaired) electrons. The summed E-state index contributed by atoms with van der Waals surface area (Å²) < 4.78 is 10.6. The molecule has 6 nitrogen and oxygen atoms in total. The molecule has 0 aliphatic carbocycles. The summed E-state index contributed by atoms with van der Waals surface area (Å²) in [6, 6.07) is 23.2. The summed E-state index contributed by atoms with van der Waals surface area (Å²) in [7, 11) is 3.08. The van der Waals surface area contributed by atoms with Crippen LogP contribution in [0.5, 0.6) is 11.5 Å². The van der Waals surface area contributed by atoms with Gasteiger partial charge >= 0.3 is 0 Å². The fourth-order valence-electron chi connectivity index (χ4n) is 3.37. The zero-order valence-corrected chi connectivity index (χ0v) is 16.6. The van der Waals surface area contributed by atoms with Crippen LogP contribution >= 0.6 is 0 Å². The molecule has 0 atom stereocenters. The van der Waals surface area contributed by atoms with Crippen molar-refractivity contribution in [2.45, 2.75) is 0 Å². The summed E-state index contributed by atoms with van der Waals surface area (Å²) in [5.41, 5.74) is 2.22. The number of hydrogen-bond donors (Lipinski definition) is 1. The van der Waals surface area contributed by atoms with Crippen LogP contribution in [0.3, 0.4) is 0 Å². The van der Waals surface area contributed by atoms with Crippen molar-refractivity contribution in [3.63, 3.8) is 0 Å². The van der Waals surface area contributed by atoms with Crippen LogP contribution in [-0.2, 0) is 9.59 Å². The van der Waals surface area contributed by atoms with Crippen molar-refractivity contribution in [3.8, 4) is 11.5 Å². The smallest absolute Gasteiger partial charge is 0.282 e. The van der Waals surface area contributed by atoms with E-state index in [0.717, 1.165) is 4.90 Å². The van der Waals surface area contributed by atoms with Crippen LogP contribution in [0.15, 0.2) is 84.6 Å². The van der Waals surface area contributed by atoms with Crippen LogP contribution in [0.2, 0.25) is 0 Å². The minimum absolute atomic E-state index is 0.210. The van der Waals surface area contributed by atoms with E-state index >= 15 is 0 Å². The third-order valence-electron chi connectivity index (χ3n) is 4.83. The molecule has 0 saturated carbocycles. The van der Waals surface area contributed by atoms with E-state index in [1.807, 2.05) is 30.3 Å². The van der Waals surface area contributed by atoms with Gasteiger partial charge in [0.25, 0.3) is 11.8 Å². The number of nitrogens with one attached hydrogen (secondary N) is 1. The minimum Gasteiger partial charge on any atom is -0.497 e. The quantitative estimate of drug-likeness (QED) is 0.631. The van der Waals surface area contributed by atoms with E-state index in [2.05, 4.69) is 5.32 Å². The fourth-order valence-corrected chi connectivity index (χ4v) is 3.37. The monoisotopic (exact) mass is 400 g/mol. The molecule has 30 heavy (non-hydrogen) atoms. The summed E-state index contributed by atoms with van der Waals surface area (Å²) in [5.74, 6) is 0.233. The van der Waals surface area contributed by atoms with Crippen molar-refractivity contribution in [1.82, 2.24) is 0 Å². The summed E-state index contributed by atoms with van der Waals surface area (Å²) in [5, 5.41) is 3.13. The molecule has 0 bridgehead atoms. The Kier molecular flexibility index (Phi) is 5.22. The molecular weight excluding hydrogens is 380 g/mol. The van der Waals surface area contributed by atoms with Crippen LogP contribution < -0.4 is 19.7 Å². The predicted molar refractivity (Wildman–Crippen MR) is 115 cm³/mol. The molecule has 0 fully saturated rings. The highest BCUT2D eigenvalue weighted by atomic mass is 16.5. The average Bonchev–Trinajstić information content (AvgIpc) is 3.03. The van der Waals surface area contributed by atoms with Gasteiger partial charge in [-0.15, -0.1) is 0 Å². The lowest BCUT2D eigenvalue weighted by atomic mass is 10.0. The number of ether oxygens (including phenoxy) is 2. The number of carbonyl (C=O) groups excluding carboxylic acids is 2. The van der Waals surface area contributed by atoms with E-state index in [-0.39, 0.29) is 11.3 Å². The van der Waals surface area contributed by atoms with Gasteiger partial charge in [-0.1, -0.05) is 42.5 Å². The van der Waals surface area contributed by atoms with E-state index in [1.165, 1.54) is 7.11 Å². The molecule has 150 valence electrons. The van der Waals surface area contributed by atoms with Gasteiger partial charge in [0.05, 0.1) is 25.5 Å². The highest BCUT2D eigenvalue weighted by Gasteiger charge is 2.41. The van der Waals surface area contributed by atoms with Crippen LogP contribution in [0.4, 0.5) is 11.4 Å². The molecule has 1 N–H and O–H groups in total. The first-order chi connectivity index (χ1) is 14.6. The number of benzene rings is 3. The van der Waals surface area contributed by atoms with E-state index in [0.29, 0.717) is 28.4 Å². The Balaban J connectivity index is 1.83. The van der Waals surface area contributed by atoms with Crippen molar-refractivity contribution < 1.29 is 19.1 Å². The number of amides is 2. The van der Waals surface area contributed by atoms with Crippen LogP contribution in [0, 0.1) is 0 Å². The van der Waals surface area contributed by atoms with Gasteiger partial charge in [-0.2, -0.15) is 0 Å². The lowest BCUT2D eigenvalue weighted by Crippen LogP contribution is -2.32. The molecule has 4 rings (SSSR count). The van der Waals surface area contributed by atoms with Crippen LogP contribution in [-0.4, -0.2) is 26.0 Å². The third-order valence-corrected chi connectivity index (χ3v) is 4.83. The molecule has 1 heterocycles. The Hall–Kier alpha value is -4.06. The number of rotatable bonds is 6. The normalized spacial score (nSPS) is 13.6. The van der Waals surface area contributed by atoms with Gasteiger partial charge in [-0.25, -0.2) is 4.90 Å². The Morgan fingerprint density at radius 1 is 0.733 bits per heavy atom. The summed E-state index contributed by atoms with van der Waals surface area (Å²) >= 11 is 0. The number of carbonyl (C=O) groups is 2. The van der Waals surface area contributed by atoms with Gasteiger partial charge in [-0.05, 0) is 42.0 Å². The van der Waals surface area contributed by atoms with Gasteiger partial charge < -0.3 is 14.8 Å². The van der Waals surface area contributed by atoms with E-state index in [4.69, 9.17) is 9.47 Å². The second kappa shape index (κ2) is 8.13. The number of hydrogen-bond acceptors (Lipinski definition) is 5. The van der Waals surface area contributed by atoms with E-state index in [9.17, 15) is 9.59 Å². The average molecular weight is 400 g/mol. The van der Waals surface area contributed by atoms with Crippen LogP contribution in [0.1, 0.15) is 5.56 Å². The van der Waals surface area contributed by atoms with Crippen molar-refractivity contribution in [3.05, 3.63) is 90.1 Å². The van der Waals surface area contributed by atoms with Crippen molar-refractivity contribution in [1.29, 1.82) is 0 Å². The second-order valence-electron chi connectivity index (χ2n) is 6.59. The van der Waals surface area contributed by atoms with Crippen molar-refractivity contribution in [2.24, 2.45) is 0 Å². The van der Waals surface area contributed by atoms with E-state index in [1.54, 1.807) is 55.6 Å². The maximum absolute atomic E-state index is 13.5. The SMILES string of the molecule is COc1ccc(C2=C(Nc3ccccc3)C(=O)N(c3ccccc3OC)C2=O)cc1. The van der Waals surface area contributed by atoms with Gasteiger partial charge in [-0.3, -0.25) is 9.59 Å². The first-order valence-electron chi connectivity index (χ1n) is 9.36. The zero-order valence-electron chi connectivity index (χ0n) is 16.6. The predicted octanol–water partition coefficient (Wildman–Crippen LogP) is 4.10. The molecule has 0 spiro atoms. The summed E-state index contributed by atoms with van der Waals surface area (Å²) in [6.45, 7) is 0. The molecule has 6 heteroatoms. The van der Waals surface area contributed by atoms with E-state index < -0.39 is 11.8 Å². The second-order valence-corrected chi connectivity index (χ2v) is 6.59. The van der Waals surface area contributed by atoms with Crippen LogP contribution in [0.25, 0.3) is 5.57 Å². The standard InChI is InChI=1S/C24H20N2O4/c1-29-18-14-12-16(13-15-18)21-22(25-17-8-4-3-5-9-17)24(28)26(23(21)27)19-10-6-7-11-20(19)30-2/h3-15,25H,1-2H3. The van der Waals surface area contributed by atoms with Gasteiger partial charge in [0.2, 0.25) is 0 Å². The number of nitrogens with zero attached hydrogens (tertiary/aromatic N) is 1. The number of imide groups is 1. The largest absolute Gasteiger partial charge is 0.497 e. The Morgan fingerprint density at radius 2 is 1.40 bits per heavy atom. The lowest BCUT2D eigenvalue weighted by molar-refractivity contribution is -0.120. The lowest BCUT2D eigenvalue weighted by Gasteiger charge is -2.18.